The summed E-state index contributed by atoms with van der Waals surface area (Å²) in [6.07, 6.45) is 5.31. The lowest BCUT2D eigenvalue weighted by molar-refractivity contribution is 0.0432. The van der Waals surface area contributed by atoms with E-state index in [-0.39, 0.29) is 11.6 Å². The van der Waals surface area contributed by atoms with E-state index in [4.69, 9.17) is 27.8 Å². The zero-order chi connectivity index (χ0) is 20.7. The van der Waals surface area contributed by atoms with Gasteiger partial charge in [-0.2, -0.15) is 0 Å². The van der Waals surface area contributed by atoms with Crippen LogP contribution in [0.5, 0.6) is 5.75 Å². The van der Waals surface area contributed by atoms with E-state index in [2.05, 4.69) is 27.0 Å². The van der Waals surface area contributed by atoms with Gasteiger partial charge < -0.3 is 21.1 Å². The van der Waals surface area contributed by atoms with Gasteiger partial charge in [-0.25, -0.2) is 9.97 Å². The van der Waals surface area contributed by atoms with Crippen molar-refractivity contribution in [2.45, 2.75) is 34.4 Å². The summed E-state index contributed by atoms with van der Waals surface area (Å²) in [7, 11) is 0. The minimum absolute atomic E-state index is 0.0784. The lowest BCUT2D eigenvalue weighted by Crippen LogP contribution is -2.51. The first-order valence-electron chi connectivity index (χ1n) is 9.88. The molecule has 154 valence electrons. The van der Waals surface area contributed by atoms with Crippen molar-refractivity contribution in [1.82, 2.24) is 9.97 Å². The highest BCUT2D eigenvalue weighted by Gasteiger charge is 2.48. The minimum Gasteiger partial charge on any atom is -0.485 e. The van der Waals surface area contributed by atoms with Crippen molar-refractivity contribution in [2.24, 2.45) is 5.73 Å². The Labute approximate surface area is 184 Å². The number of para-hydroxylation sites is 1. The first-order chi connectivity index (χ1) is 14.6. The van der Waals surface area contributed by atoms with E-state index in [0.29, 0.717) is 10.8 Å². The normalized spacial score (nSPS) is 19.5. The molecular weight excluding hydrogens is 418 g/mol. The maximum Gasteiger partial charge on any atom is 0.143 e. The Morgan fingerprint density at radius 1 is 1.10 bits per heavy atom. The van der Waals surface area contributed by atoms with Gasteiger partial charge in [0.1, 0.15) is 22.2 Å². The molecule has 1 spiro atoms. The Morgan fingerprint density at radius 2 is 1.90 bits per heavy atom. The molecule has 30 heavy (non-hydrogen) atoms. The van der Waals surface area contributed by atoms with Crippen molar-refractivity contribution in [1.29, 1.82) is 0 Å². The highest BCUT2D eigenvalue weighted by atomic mass is 35.5. The van der Waals surface area contributed by atoms with Crippen molar-refractivity contribution in [3.63, 3.8) is 0 Å². The van der Waals surface area contributed by atoms with Gasteiger partial charge in [0.05, 0.1) is 22.9 Å². The molecule has 3 aromatic rings. The maximum absolute atomic E-state index is 6.57. The zero-order valence-electron chi connectivity index (χ0n) is 16.3. The average Bonchev–Trinajstić information content (AvgIpc) is 3.04. The molecule has 1 atom stereocenters. The largest absolute Gasteiger partial charge is 0.485 e. The molecule has 8 heteroatoms. The van der Waals surface area contributed by atoms with Crippen LogP contribution in [0.3, 0.4) is 0 Å². The Hall–Kier alpha value is -2.48. The number of nitrogen functional groups attached to an aromatic ring is 1. The van der Waals surface area contributed by atoms with E-state index in [1.165, 1.54) is 11.8 Å². The van der Waals surface area contributed by atoms with E-state index < -0.39 is 0 Å². The number of fused-ring (bicyclic) bond motifs is 1. The van der Waals surface area contributed by atoms with Gasteiger partial charge in [-0.3, -0.25) is 0 Å². The van der Waals surface area contributed by atoms with Gasteiger partial charge in [-0.1, -0.05) is 41.6 Å². The summed E-state index contributed by atoms with van der Waals surface area (Å²) in [6.45, 7) is 1.76. The molecule has 0 saturated carbocycles. The smallest absolute Gasteiger partial charge is 0.143 e. The summed E-state index contributed by atoms with van der Waals surface area (Å²) < 4.78 is 6.34. The van der Waals surface area contributed by atoms with E-state index in [1.807, 2.05) is 36.5 Å². The molecule has 0 unspecified atom stereocenters. The predicted molar refractivity (Wildman–Crippen MR) is 120 cm³/mol. The van der Waals surface area contributed by atoms with Gasteiger partial charge in [0.15, 0.2) is 0 Å². The molecule has 1 saturated heterocycles. The fourth-order valence-corrected chi connectivity index (χ4v) is 5.22. The molecule has 2 aromatic heterocycles. The molecule has 4 N–H and O–H groups in total. The van der Waals surface area contributed by atoms with Gasteiger partial charge in [-0.05, 0) is 24.3 Å². The first kappa shape index (κ1) is 19.5. The second kappa shape index (κ2) is 7.65. The molecule has 0 bridgehead atoms. The summed E-state index contributed by atoms with van der Waals surface area (Å²) >= 11 is 7.71. The second-order valence-electron chi connectivity index (χ2n) is 7.63. The van der Waals surface area contributed by atoms with Crippen LogP contribution in [0.25, 0.3) is 0 Å². The van der Waals surface area contributed by atoms with Crippen LogP contribution in [0.4, 0.5) is 11.5 Å². The van der Waals surface area contributed by atoms with Crippen LogP contribution in [0.15, 0.2) is 64.8 Å². The second-order valence-corrected chi connectivity index (χ2v) is 9.07. The van der Waals surface area contributed by atoms with Crippen molar-refractivity contribution >= 4 is 34.9 Å². The highest BCUT2D eigenvalue weighted by molar-refractivity contribution is 7.99. The third kappa shape index (κ3) is 3.37. The number of nitrogens with two attached hydrogens (primary N) is 2. The van der Waals surface area contributed by atoms with Crippen LogP contribution < -0.4 is 21.1 Å². The van der Waals surface area contributed by atoms with Crippen LogP contribution in [0, 0.1) is 0 Å². The molecule has 1 fully saturated rings. The van der Waals surface area contributed by atoms with Crippen LogP contribution in [0.1, 0.15) is 24.4 Å². The SMILES string of the molecule is Nc1nccc(Sc2ccc(N3CCC4(CC3)Oc3ccccc3[C@H]4N)cn2)c1Cl. The van der Waals surface area contributed by atoms with Crippen molar-refractivity contribution in [3.8, 4) is 5.75 Å². The predicted octanol–water partition coefficient (Wildman–Crippen LogP) is 4.29. The molecule has 0 aliphatic carbocycles. The molecule has 0 radical (unpaired) electrons. The molecule has 0 amide bonds. The number of halogens is 1. The summed E-state index contributed by atoms with van der Waals surface area (Å²) in [5, 5.41) is 1.32. The zero-order valence-corrected chi connectivity index (χ0v) is 17.9. The topological polar surface area (TPSA) is 90.3 Å². The Kier molecular flexibility index (Phi) is 4.97. The van der Waals surface area contributed by atoms with Crippen molar-refractivity contribution in [3.05, 3.63) is 65.4 Å². The summed E-state index contributed by atoms with van der Waals surface area (Å²) in [4.78, 5) is 11.8. The number of ether oxygens (including phenoxy) is 1. The molecule has 1 aromatic carbocycles. The van der Waals surface area contributed by atoms with E-state index in [0.717, 1.165) is 52.9 Å². The molecular formula is C22H22ClN5OS. The number of piperidine rings is 1. The van der Waals surface area contributed by atoms with E-state index >= 15 is 0 Å². The van der Waals surface area contributed by atoms with Crippen molar-refractivity contribution < 1.29 is 4.74 Å². The fraction of sp³-hybridized carbons (Fsp3) is 0.273. The number of hydrogen-bond donors (Lipinski definition) is 2. The third-order valence-electron chi connectivity index (χ3n) is 5.93. The molecule has 5 rings (SSSR count). The summed E-state index contributed by atoms with van der Waals surface area (Å²) in [6, 6.07) is 14.0. The lowest BCUT2D eigenvalue weighted by atomic mass is 9.83. The summed E-state index contributed by atoms with van der Waals surface area (Å²) in [5.74, 6) is 1.26. The number of hydrogen-bond acceptors (Lipinski definition) is 7. The standard InChI is InChI=1S/C22H22ClN5OS/c23-19-17(7-10-26-21(19)25)30-18-6-5-14(13-27-18)28-11-8-22(9-12-28)20(24)15-3-1-2-4-16(15)29-22/h1-7,10,13,20H,8-9,11-12,24H2,(H2,25,26)/t20-/m1/s1. The fourth-order valence-electron chi connectivity index (χ4n) is 4.21. The summed E-state index contributed by atoms with van der Waals surface area (Å²) in [5.41, 5.74) is 14.3. The van der Waals surface area contributed by atoms with Gasteiger partial charge in [-0.15, -0.1) is 0 Å². The Bertz CT molecular complexity index is 1070. The number of aromatic nitrogens is 2. The maximum atomic E-state index is 6.57. The monoisotopic (exact) mass is 439 g/mol. The van der Waals surface area contributed by atoms with Gasteiger partial charge in [0.25, 0.3) is 0 Å². The first-order valence-corrected chi connectivity index (χ1v) is 11.1. The van der Waals surface area contributed by atoms with Crippen molar-refractivity contribution in [2.75, 3.05) is 23.7 Å². The number of nitrogens with zero attached hydrogens (tertiary/aromatic N) is 3. The van der Waals surface area contributed by atoms with Crippen LogP contribution >= 0.6 is 23.4 Å². The van der Waals surface area contributed by atoms with Crippen LogP contribution in [-0.4, -0.2) is 28.7 Å². The van der Waals surface area contributed by atoms with Gasteiger partial charge >= 0.3 is 0 Å². The lowest BCUT2D eigenvalue weighted by Gasteiger charge is -2.41. The quantitative estimate of drug-likeness (QED) is 0.628. The van der Waals surface area contributed by atoms with Crippen LogP contribution in [-0.2, 0) is 0 Å². The average molecular weight is 440 g/mol. The number of rotatable bonds is 3. The molecule has 2 aliphatic heterocycles. The Balaban J connectivity index is 1.26. The highest BCUT2D eigenvalue weighted by Crippen LogP contribution is 2.47. The minimum atomic E-state index is -0.304. The molecule has 2 aliphatic rings. The van der Waals surface area contributed by atoms with Crippen LogP contribution in [0.2, 0.25) is 5.02 Å². The third-order valence-corrected chi connectivity index (χ3v) is 7.45. The van der Waals surface area contributed by atoms with E-state index in [9.17, 15) is 0 Å². The Morgan fingerprint density at radius 3 is 2.63 bits per heavy atom. The number of benzene rings is 1. The number of pyridine rings is 2. The molecule has 4 heterocycles. The van der Waals surface area contributed by atoms with Gasteiger partial charge in [0.2, 0.25) is 0 Å². The van der Waals surface area contributed by atoms with E-state index in [1.54, 1.807) is 6.20 Å². The number of anilines is 2. The molecule has 6 nitrogen and oxygen atoms in total. The van der Waals surface area contributed by atoms with Gasteiger partial charge in [0, 0.05) is 42.6 Å².